The number of hydrogen-bond acceptors (Lipinski definition) is 2. The maximum absolute atomic E-state index is 11.7. The Morgan fingerprint density at radius 3 is 2.30 bits per heavy atom. The lowest BCUT2D eigenvalue weighted by Gasteiger charge is -2.17. The van der Waals surface area contributed by atoms with Crippen molar-refractivity contribution in [1.82, 2.24) is 16.0 Å². The van der Waals surface area contributed by atoms with Gasteiger partial charge in [-0.15, -0.1) is 0 Å². The molecular weight excluding hydrogens is 290 g/mol. The number of urea groups is 1. The van der Waals surface area contributed by atoms with Crippen molar-refractivity contribution in [3.05, 3.63) is 35.9 Å². The molecular formula is C18H29N3O2. The molecule has 0 radical (unpaired) electrons. The normalized spacial score (nSPS) is 10.9. The number of carbonyl (C=O) groups is 2. The van der Waals surface area contributed by atoms with Crippen molar-refractivity contribution in [3.63, 3.8) is 0 Å². The predicted octanol–water partition coefficient (Wildman–Crippen LogP) is 2.82. The average molecular weight is 319 g/mol. The van der Waals surface area contributed by atoms with Crippen molar-refractivity contribution in [2.24, 2.45) is 5.41 Å². The Morgan fingerprint density at radius 1 is 0.957 bits per heavy atom. The van der Waals surface area contributed by atoms with Crippen LogP contribution in [0.4, 0.5) is 4.79 Å². The number of unbranched alkanes of at least 4 members (excludes halogenated alkanes) is 1. The van der Waals surface area contributed by atoms with Crippen LogP contribution in [-0.2, 0) is 11.3 Å². The lowest BCUT2D eigenvalue weighted by atomic mass is 9.90. The van der Waals surface area contributed by atoms with E-state index in [1.807, 2.05) is 30.3 Å². The molecule has 0 heterocycles. The van der Waals surface area contributed by atoms with Gasteiger partial charge in [-0.25, -0.2) is 4.79 Å². The molecule has 0 saturated carbocycles. The van der Waals surface area contributed by atoms with Crippen molar-refractivity contribution >= 4 is 11.9 Å². The highest BCUT2D eigenvalue weighted by molar-refractivity contribution is 5.83. The summed E-state index contributed by atoms with van der Waals surface area (Å²) in [5, 5.41) is 8.10. The summed E-state index contributed by atoms with van der Waals surface area (Å²) in [7, 11) is 0. The Balaban J connectivity index is 2.05. The third-order valence-corrected chi connectivity index (χ3v) is 3.38. The van der Waals surface area contributed by atoms with Crippen LogP contribution in [-0.4, -0.2) is 25.0 Å². The van der Waals surface area contributed by atoms with E-state index < -0.39 is 0 Å². The molecule has 0 aliphatic carbocycles. The van der Waals surface area contributed by atoms with E-state index in [4.69, 9.17) is 0 Å². The van der Waals surface area contributed by atoms with Crippen molar-refractivity contribution in [3.8, 4) is 0 Å². The molecule has 1 aromatic rings. The van der Waals surface area contributed by atoms with E-state index in [2.05, 4.69) is 36.7 Å². The fourth-order valence-electron chi connectivity index (χ4n) is 2.06. The fraction of sp³-hybridized carbons (Fsp3) is 0.556. The largest absolute Gasteiger partial charge is 0.350 e. The molecule has 1 rings (SSSR count). The van der Waals surface area contributed by atoms with Gasteiger partial charge in [-0.2, -0.15) is 0 Å². The van der Waals surface area contributed by atoms with Crippen LogP contribution >= 0.6 is 0 Å². The standard InChI is InChI=1S/C18H29N3O2/c1-18(2,3)11-7-8-12-19-17(23)21-14-16(22)20-13-15-9-5-4-6-10-15/h4-6,9-10H,7-8,11-14H2,1-3H3,(H,20,22)(H2,19,21,23). The first-order chi connectivity index (χ1) is 10.9. The molecule has 5 nitrogen and oxygen atoms in total. The Bertz CT molecular complexity index is 481. The summed E-state index contributed by atoms with van der Waals surface area (Å²) in [6, 6.07) is 9.37. The van der Waals surface area contributed by atoms with Crippen LogP contribution in [0.1, 0.15) is 45.6 Å². The van der Waals surface area contributed by atoms with E-state index in [0.717, 1.165) is 24.8 Å². The number of carbonyl (C=O) groups excluding carboxylic acids is 2. The van der Waals surface area contributed by atoms with Crippen molar-refractivity contribution in [2.75, 3.05) is 13.1 Å². The molecule has 5 heteroatoms. The van der Waals surface area contributed by atoms with Gasteiger partial charge < -0.3 is 16.0 Å². The zero-order valence-electron chi connectivity index (χ0n) is 14.4. The van der Waals surface area contributed by atoms with Crippen LogP contribution < -0.4 is 16.0 Å². The second-order valence-corrected chi connectivity index (χ2v) is 6.89. The van der Waals surface area contributed by atoms with Crippen LogP contribution in [0.3, 0.4) is 0 Å². The van der Waals surface area contributed by atoms with Gasteiger partial charge in [0.05, 0.1) is 6.54 Å². The first-order valence-electron chi connectivity index (χ1n) is 8.19. The summed E-state index contributed by atoms with van der Waals surface area (Å²) in [6.45, 7) is 7.72. The molecule has 1 aromatic carbocycles. The van der Waals surface area contributed by atoms with E-state index in [9.17, 15) is 9.59 Å². The zero-order chi connectivity index (χ0) is 17.1. The molecule has 0 saturated heterocycles. The molecule has 0 aliphatic heterocycles. The third-order valence-electron chi connectivity index (χ3n) is 3.38. The van der Waals surface area contributed by atoms with Crippen LogP contribution in [0.15, 0.2) is 30.3 Å². The molecule has 0 aliphatic rings. The maximum Gasteiger partial charge on any atom is 0.315 e. The molecule has 0 spiro atoms. The van der Waals surface area contributed by atoms with Crippen LogP contribution in [0, 0.1) is 5.41 Å². The van der Waals surface area contributed by atoms with Gasteiger partial charge in [0, 0.05) is 13.1 Å². The Labute approximate surface area is 139 Å². The minimum Gasteiger partial charge on any atom is -0.350 e. The summed E-state index contributed by atoms with van der Waals surface area (Å²) in [4.78, 5) is 23.2. The summed E-state index contributed by atoms with van der Waals surface area (Å²) >= 11 is 0. The summed E-state index contributed by atoms with van der Waals surface area (Å²) in [5.41, 5.74) is 1.36. The molecule has 0 fully saturated rings. The van der Waals surface area contributed by atoms with Gasteiger partial charge >= 0.3 is 6.03 Å². The maximum atomic E-state index is 11.7. The second kappa shape index (κ2) is 9.87. The molecule has 0 aromatic heterocycles. The van der Waals surface area contributed by atoms with Gasteiger partial charge in [-0.1, -0.05) is 57.5 Å². The van der Waals surface area contributed by atoms with Crippen molar-refractivity contribution < 1.29 is 9.59 Å². The SMILES string of the molecule is CC(C)(C)CCCCNC(=O)NCC(=O)NCc1ccccc1. The molecule has 0 unspecified atom stereocenters. The minimum atomic E-state index is -0.296. The van der Waals surface area contributed by atoms with Crippen LogP contribution in [0.5, 0.6) is 0 Å². The number of hydrogen-bond donors (Lipinski definition) is 3. The molecule has 0 atom stereocenters. The Kier molecular flexibility index (Phi) is 8.16. The molecule has 23 heavy (non-hydrogen) atoms. The lowest BCUT2D eigenvalue weighted by molar-refractivity contribution is -0.120. The summed E-state index contributed by atoms with van der Waals surface area (Å²) in [6.07, 6.45) is 3.17. The zero-order valence-corrected chi connectivity index (χ0v) is 14.4. The summed E-state index contributed by atoms with van der Waals surface area (Å²) < 4.78 is 0. The first kappa shape index (κ1) is 19.0. The minimum absolute atomic E-state index is 0.0132. The van der Waals surface area contributed by atoms with Gasteiger partial charge in [0.1, 0.15) is 0 Å². The Morgan fingerprint density at radius 2 is 1.65 bits per heavy atom. The van der Waals surface area contributed by atoms with Gasteiger partial charge in [0.25, 0.3) is 0 Å². The first-order valence-corrected chi connectivity index (χ1v) is 8.19. The smallest absolute Gasteiger partial charge is 0.315 e. The monoisotopic (exact) mass is 319 g/mol. The third kappa shape index (κ3) is 10.3. The van der Waals surface area contributed by atoms with Crippen LogP contribution in [0.25, 0.3) is 0 Å². The lowest BCUT2D eigenvalue weighted by Crippen LogP contribution is -2.42. The van der Waals surface area contributed by atoms with E-state index in [0.29, 0.717) is 18.5 Å². The molecule has 0 bridgehead atoms. The van der Waals surface area contributed by atoms with Crippen molar-refractivity contribution in [1.29, 1.82) is 0 Å². The van der Waals surface area contributed by atoms with Gasteiger partial charge in [-0.3, -0.25) is 4.79 Å². The highest BCUT2D eigenvalue weighted by atomic mass is 16.2. The van der Waals surface area contributed by atoms with E-state index in [1.54, 1.807) is 0 Å². The van der Waals surface area contributed by atoms with Crippen LogP contribution in [0.2, 0.25) is 0 Å². The topological polar surface area (TPSA) is 70.2 Å². The molecule has 128 valence electrons. The number of benzene rings is 1. The number of nitrogens with one attached hydrogen (secondary N) is 3. The Hall–Kier alpha value is -2.04. The quantitative estimate of drug-likeness (QED) is 0.645. The van der Waals surface area contributed by atoms with Crippen molar-refractivity contribution in [2.45, 2.75) is 46.6 Å². The van der Waals surface area contributed by atoms with E-state index in [-0.39, 0.29) is 18.5 Å². The van der Waals surface area contributed by atoms with Gasteiger partial charge in [-0.05, 0) is 23.8 Å². The fourth-order valence-corrected chi connectivity index (χ4v) is 2.06. The summed E-state index contributed by atoms with van der Waals surface area (Å²) in [5.74, 6) is -0.197. The average Bonchev–Trinajstić information content (AvgIpc) is 2.50. The number of amides is 3. The highest BCUT2D eigenvalue weighted by Gasteiger charge is 2.09. The number of rotatable bonds is 8. The second-order valence-electron chi connectivity index (χ2n) is 6.89. The van der Waals surface area contributed by atoms with Gasteiger partial charge in [0.15, 0.2) is 0 Å². The predicted molar refractivity (Wildman–Crippen MR) is 93.0 cm³/mol. The molecule has 3 amide bonds. The molecule has 3 N–H and O–H groups in total. The van der Waals surface area contributed by atoms with Gasteiger partial charge in [0.2, 0.25) is 5.91 Å². The van der Waals surface area contributed by atoms with E-state index >= 15 is 0 Å². The van der Waals surface area contributed by atoms with E-state index in [1.165, 1.54) is 0 Å². The highest BCUT2D eigenvalue weighted by Crippen LogP contribution is 2.21.